The lowest BCUT2D eigenvalue weighted by molar-refractivity contribution is -0.133. The van der Waals surface area contributed by atoms with Gasteiger partial charge in [-0.15, -0.1) is 12.3 Å². The molecule has 1 saturated heterocycles. The van der Waals surface area contributed by atoms with Gasteiger partial charge in [0, 0.05) is 11.8 Å². The lowest BCUT2D eigenvalue weighted by Gasteiger charge is -2.37. The molecule has 1 amide bonds. The van der Waals surface area contributed by atoms with Crippen LogP contribution in [0, 0.1) is 35.0 Å². The minimum atomic E-state index is -3.54. The van der Waals surface area contributed by atoms with Gasteiger partial charge in [-0.3, -0.25) is 4.79 Å². The number of nitrogens with zero attached hydrogens (tertiary/aromatic N) is 1. The molecule has 2 bridgehead atoms. The van der Waals surface area contributed by atoms with Crippen LogP contribution < -0.4 is 0 Å². The van der Waals surface area contributed by atoms with E-state index in [0.29, 0.717) is 18.8 Å². The fourth-order valence-corrected chi connectivity index (χ4v) is 8.63. The van der Waals surface area contributed by atoms with Gasteiger partial charge in [-0.25, -0.2) is 12.7 Å². The molecule has 3 fully saturated rings. The molecule has 2 saturated carbocycles. The first-order chi connectivity index (χ1) is 12.2. The van der Waals surface area contributed by atoms with Crippen LogP contribution in [0.5, 0.6) is 0 Å². The van der Waals surface area contributed by atoms with Gasteiger partial charge < -0.3 is 0 Å². The Kier molecular flexibility index (Phi) is 5.20. The van der Waals surface area contributed by atoms with E-state index in [4.69, 9.17) is 6.42 Å². The van der Waals surface area contributed by atoms with Crippen molar-refractivity contribution in [1.82, 2.24) is 4.31 Å². The zero-order valence-electron chi connectivity index (χ0n) is 16.5. The summed E-state index contributed by atoms with van der Waals surface area (Å²) in [6.45, 7) is 6.56. The molecule has 4 atom stereocenters. The van der Waals surface area contributed by atoms with Gasteiger partial charge in [-0.05, 0) is 37.0 Å². The highest BCUT2D eigenvalue weighted by atomic mass is 32.2. The smallest absolute Gasteiger partial charge is 0.240 e. The number of terminal acetylenes is 1. The minimum absolute atomic E-state index is 0.0114. The first-order valence-electron chi connectivity index (χ1n) is 10.2. The van der Waals surface area contributed by atoms with E-state index in [0.717, 1.165) is 44.9 Å². The maximum atomic E-state index is 13.3. The molecule has 0 unspecified atom stereocenters. The molecule has 5 heteroatoms. The molecule has 0 aromatic rings. The van der Waals surface area contributed by atoms with Crippen molar-refractivity contribution in [3.8, 4) is 12.3 Å². The molecule has 146 valence electrons. The number of sulfonamides is 1. The highest BCUT2D eigenvalue weighted by Gasteiger charge is 2.72. The SMILES string of the molecule is C#CC[C@H](CCCCCC)C(=O)N1[C@@H]2C[C@H]3CC[C@]2(CS1(=O)=O)C3(C)C. The van der Waals surface area contributed by atoms with E-state index < -0.39 is 10.0 Å². The lowest BCUT2D eigenvalue weighted by atomic mass is 9.69. The number of fused-ring (bicyclic) bond motifs is 1. The molecule has 26 heavy (non-hydrogen) atoms. The molecule has 3 rings (SSSR count). The second-order valence-electron chi connectivity index (χ2n) is 9.21. The Balaban J connectivity index is 1.83. The lowest BCUT2D eigenvalue weighted by Crippen LogP contribution is -2.46. The molecule has 1 aliphatic heterocycles. The molecule has 0 aromatic heterocycles. The number of rotatable bonds is 7. The molecular weight excluding hydrogens is 346 g/mol. The second-order valence-corrected chi connectivity index (χ2v) is 11.1. The maximum Gasteiger partial charge on any atom is 0.240 e. The van der Waals surface area contributed by atoms with E-state index >= 15 is 0 Å². The Morgan fingerprint density at radius 2 is 2.04 bits per heavy atom. The summed E-state index contributed by atoms with van der Waals surface area (Å²) < 4.78 is 27.4. The normalized spacial score (nSPS) is 34.5. The first kappa shape index (κ1) is 19.7. The largest absolute Gasteiger partial charge is 0.273 e. The van der Waals surface area contributed by atoms with Crippen LogP contribution in [0.4, 0.5) is 0 Å². The Bertz CT molecular complexity index is 705. The number of unbranched alkanes of at least 4 members (excludes halogenated alkanes) is 3. The standard InChI is InChI=1S/C21H33NO3S/c1-5-7-8-9-11-16(10-6-2)19(23)22-18-14-17-12-13-21(18,20(17,3)4)15-26(22,24)25/h2,16-18H,5,7-15H2,1,3-4H3/t16-,17-,18-,21-/m1/s1. The Morgan fingerprint density at radius 1 is 1.31 bits per heavy atom. The molecule has 1 heterocycles. The second kappa shape index (κ2) is 6.86. The topological polar surface area (TPSA) is 54.5 Å². The summed E-state index contributed by atoms with van der Waals surface area (Å²) in [5.41, 5.74) is -0.266. The highest BCUT2D eigenvalue weighted by Crippen LogP contribution is 2.70. The fourth-order valence-electron chi connectivity index (χ4n) is 6.03. The molecule has 0 aromatic carbocycles. The highest BCUT2D eigenvalue weighted by molar-refractivity contribution is 7.90. The summed E-state index contributed by atoms with van der Waals surface area (Å²) in [6.07, 6.45) is 13.7. The molecule has 4 nitrogen and oxygen atoms in total. The van der Waals surface area contributed by atoms with Crippen molar-refractivity contribution >= 4 is 15.9 Å². The van der Waals surface area contributed by atoms with E-state index in [1.807, 2.05) is 0 Å². The van der Waals surface area contributed by atoms with Gasteiger partial charge in [0.25, 0.3) is 0 Å². The predicted molar refractivity (Wildman–Crippen MR) is 104 cm³/mol. The summed E-state index contributed by atoms with van der Waals surface area (Å²) in [4.78, 5) is 13.3. The van der Waals surface area contributed by atoms with Gasteiger partial charge in [-0.2, -0.15) is 0 Å². The van der Waals surface area contributed by atoms with E-state index in [9.17, 15) is 13.2 Å². The van der Waals surface area contributed by atoms with Crippen LogP contribution in [0.25, 0.3) is 0 Å². The molecule has 2 aliphatic carbocycles. The fraction of sp³-hybridized carbons (Fsp3) is 0.857. The third kappa shape index (κ3) is 2.80. The quantitative estimate of drug-likeness (QED) is 0.497. The molecule has 1 spiro atoms. The van der Waals surface area contributed by atoms with Crippen LogP contribution in [0.15, 0.2) is 0 Å². The Hall–Kier alpha value is -1.02. The van der Waals surface area contributed by atoms with Crippen molar-refractivity contribution in [2.24, 2.45) is 22.7 Å². The van der Waals surface area contributed by atoms with E-state index in [1.165, 1.54) is 4.31 Å². The van der Waals surface area contributed by atoms with E-state index in [2.05, 4.69) is 26.7 Å². The zero-order chi connectivity index (χ0) is 19.2. The first-order valence-corrected chi connectivity index (χ1v) is 11.8. The van der Waals surface area contributed by atoms with Crippen molar-refractivity contribution < 1.29 is 13.2 Å². The molecule has 3 aliphatic rings. The number of carbonyl (C=O) groups excluding carboxylic acids is 1. The van der Waals surface area contributed by atoms with E-state index in [-0.39, 0.29) is 34.4 Å². The number of carbonyl (C=O) groups is 1. The minimum Gasteiger partial charge on any atom is -0.273 e. The summed E-state index contributed by atoms with van der Waals surface area (Å²) in [6, 6.07) is -0.148. The average Bonchev–Trinajstić information content (AvgIpc) is 3.04. The Labute approximate surface area is 159 Å². The van der Waals surface area contributed by atoms with Crippen molar-refractivity contribution in [3.05, 3.63) is 0 Å². The number of hydrogen-bond acceptors (Lipinski definition) is 3. The summed E-state index contributed by atoms with van der Waals surface area (Å²) in [5.74, 6) is 2.68. The van der Waals surface area contributed by atoms with Crippen molar-refractivity contribution in [1.29, 1.82) is 0 Å². The van der Waals surface area contributed by atoms with Gasteiger partial charge in [0.15, 0.2) is 0 Å². The molecular formula is C21H33NO3S. The van der Waals surface area contributed by atoms with Gasteiger partial charge >= 0.3 is 0 Å². The average molecular weight is 380 g/mol. The summed E-state index contributed by atoms with van der Waals surface area (Å²) >= 11 is 0. The van der Waals surface area contributed by atoms with Gasteiger partial charge in [-0.1, -0.05) is 46.5 Å². The maximum absolute atomic E-state index is 13.3. The van der Waals surface area contributed by atoms with Crippen LogP contribution in [-0.4, -0.2) is 30.4 Å². The summed E-state index contributed by atoms with van der Waals surface area (Å²) in [5, 5.41) is 0. The third-order valence-corrected chi connectivity index (χ3v) is 9.66. The van der Waals surface area contributed by atoms with Gasteiger partial charge in [0.2, 0.25) is 15.9 Å². The predicted octanol–water partition coefficient (Wildman–Crippen LogP) is 3.96. The van der Waals surface area contributed by atoms with E-state index in [1.54, 1.807) is 0 Å². The Morgan fingerprint density at radius 3 is 2.65 bits per heavy atom. The van der Waals surface area contributed by atoms with Crippen LogP contribution in [-0.2, 0) is 14.8 Å². The number of hydrogen-bond donors (Lipinski definition) is 0. The third-order valence-electron chi connectivity index (χ3n) is 7.75. The molecule has 0 radical (unpaired) electrons. The van der Waals surface area contributed by atoms with Crippen molar-refractivity contribution in [3.63, 3.8) is 0 Å². The number of amides is 1. The summed E-state index contributed by atoms with van der Waals surface area (Å²) in [7, 11) is -3.54. The monoisotopic (exact) mass is 379 g/mol. The van der Waals surface area contributed by atoms with Gasteiger partial charge in [0.1, 0.15) is 0 Å². The van der Waals surface area contributed by atoms with Crippen molar-refractivity contribution in [2.45, 2.75) is 84.6 Å². The van der Waals surface area contributed by atoms with Gasteiger partial charge in [0.05, 0.1) is 17.7 Å². The van der Waals surface area contributed by atoms with Crippen LogP contribution in [0.2, 0.25) is 0 Å². The van der Waals surface area contributed by atoms with Crippen molar-refractivity contribution in [2.75, 3.05) is 5.75 Å². The zero-order valence-corrected chi connectivity index (χ0v) is 17.3. The van der Waals surface area contributed by atoms with Crippen LogP contribution in [0.3, 0.4) is 0 Å². The molecule has 0 N–H and O–H groups in total. The van der Waals surface area contributed by atoms with Crippen LogP contribution >= 0.6 is 0 Å². The van der Waals surface area contributed by atoms with Crippen LogP contribution in [0.1, 0.15) is 78.6 Å².